The van der Waals surface area contributed by atoms with Gasteiger partial charge in [0.2, 0.25) is 6.33 Å². The third-order valence-electron chi connectivity index (χ3n) is 6.21. The Balaban J connectivity index is 1.91. The first-order chi connectivity index (χ1) is 13.1. The van der Waals surface area contributed by atoms with Crippen molar-refractivity contribution < 1.29 is 4.57 Å². The van der Waals surface area contributed by atoms with Crippen molar-refractivity contribution in [2.45, 2.75) is 77.7 Å². The third-order valence-corrected chi connectivity index (χ3v) is 6.21. The van der Waals surface area contributed by atoms with Crippen LogP contribution in [0.5, 0.6) is 0 Å². The zero-order valence-corrected chi connectivity index (χ0v) is 17.3. The number of nitrogens with zero attached hydrogens (tertiary/aromatic N) is 2. The van der Waals surface area contributed by atoms with Gasteiger partial charge in [-0.25, -0.2) is 4.57 Å². The largest absolute Gasteiger partial charge is 0.249 e. The number of rotatable bonds is 4. The van der Waals surface area contributed by atoms with Crippen LogP contribution < -0.4 is 4.57 Å². The van der Waals surface area contributed by atoms with Gasteiger partial charge in [-0.2, -0.15) is 4.40 Å². The van der Waals surface area contributed by atoms with Crippen LogP contribution in [0.4, 0.5) is 0 Å². The lowest BCUT2D eigenvalue weighted by Crippen LogP contribution is -2.38. The van der Waals surface area contributed by atoms with E-state index in [1.54, 1.807) is 0 Å². The van der Waals surface area contributed by atoms with Gasteiger partial charge in [0.25, 0.3) is 0 Å². The molecule has 0 N–H and O–H groups in total. The van der Waals surface area contributed by atoms with Gasteiger partial charge in [0.05, 0.1) is 0 Å². The number of benzene rings is 1. The lowest BCUT2D eigenvalue weighted by Gasteiger charge is -2.19. The average molecular weight is 362 g/mol. The van der Waals surface area contributed by atoms with Gasteiger partial charge in [-0.3, -0.25) is 0 Å². The summed E-state index contributed by atoms with van der Waals surface area (Å²) in [7, 11) is 0. The average Bonchev–Trinajstić information content (AvgIpc) is 3.12. The summed E-state index contributed by atoms with van der Waals surface area (Å²) in [5.74, 6) is 1.02. The van der Waals surface area contributed by atoms with Gasteiger partial charge in [-0.1, -0.05) is 58.4 Å². The summed E-state index contributed by atoms with van der Waals surface area (Å²) in [5, 5.41) is 0. The highest BCUT2D eigenvalue weighted by molar-refractivity contribution is 5.72. The van der Waals surface area contributed by atoms with Crippen molar-refractivity contribution in [1.29, 1.82) is 0 Å². The van der Waals surface area contributed by atoms with E-state index in [0.717, 1.165) is 0 Å². The van der Waals surface area contributed by atoms with Gasteiger partial charge in [0.1, 0.15) is 17.9 Å². The molecule has 1 aliphatic carbocycles. The summed E-state index contributed by atoms with van der Waals surface area (Å²) in [6.45, 7) is 9.23. The molecule has 2 heterocycles. The van der Waals surface area contributed by atoms with Crippen LogP contribution >= 0.6 is 0 Å². The fourth-order valence-electron chi connectivity index (χ4n) is 4.72. The molecule has 0 spiro atoms. The minimum Gasteiger partial charge on any atom is -0.233 e. The fraction of sp³-hybridized carbons (Fsp3) is 0.480. The molecule has 4 rings (SSSR count). The van der Waals surface area contributed by atoms with E-state index in [0.29, 0.717) is 17.9 Å². The van der Waals surface area contributed by atoms with E-state index in [1.807, 2.05) is 0 Å². The summed E-state index contributed by atoms with van der Waals surface area (Å²) in [6, 6.07) is 14.3. The Hall–Kier alpha value is -2.09. The molecule has 1 aliphatic rings. The smallest absolute Gasteiger partial charge is 0.233 e. The molecule has 2 nitrogen and oxygen atoms in total. The first kappa shape index (κ1) is 18.3. The fourth-order valence-corrected chi connectivity index (χ4v) is 4.72. The predicted octanol–water partition coefficient (Wildman–Crippen LogP) is 6.65. The molecule has 1 aromatic carbocycles. The molecule has 142 valence electrons. The second-order valence-corrected chi connectivity index (χ2v) is 8.81. The maximum Gasteiger partial charge on any atom is 0.249 e. The quantitative estimate of drug-likeness (QED) is 0.460. The second-order valence-electron chi connectivity index (χ2n) is 8.81. The Morgan fingerprint density at radius 3 is 2.11 bits per heavy atom. The van der Waals surface area contributed by atoms with E-state index in [2.05, 4.69) is 85.6 Å². The monoisotopic (exact) mass is 361 g/mol. The van der Waals surface area contributed by atoms with Crippen molar-refractivity contribution in [2.75, 3.05) is 0 Å². The Labute approximate surface area is 163 Å². The van der Waals surface area contributed by atoms with Crippen molar-refractivity contribution in [1.82, 2.24) is 4.40 Å². The third kappa shape index (κ3) is 3.42. The SMILES string of the molecule is CC(C)c1cccc(C(C)C)c1-c1cccc2c[n+](C3CCCCC3)cn12. The molecule has 0 aliphatic heterocycles. The molecule has 2 aromatic heterocycles. The Kier molecular flexibility index (Phi) is 5.08. The number of pyridine rings is 1. The van der Waals surface area contributed by atoms with Crippen LogP contribution in [0.15, 0.2) is 48.9 Å². The van der Waals surface area contributed by atoms with E-state index >= 15 is 0 Å². The summed E-state index contributed by atoms with van der Waals surface area (Å²) < 4.78 is 4.90. The van der Waals surface area contributed by atoms with Crippen LogP contribution in [0.3, 0.4) is 0 Å². The lowest BCUT2D eigenvalue weighted by molar-refractivity contribution is -0.724. The molecule has 3 aromatic rings. The summed E-state index contributed by atoms with van der Waals surface area (Å²) in [4.78, 5) is 0. The van der Waals surface area contributed by atoms with Crippen molar-refractivity contribution >= 4 is 5.52 Å². The maximum absolute atomic E-state index is 2.48. The van der Waals surface area contributed by atoms with Gasteiger partial charge in [0, 0.05) is 5.56 Å². The molecular formula is C25H33N2+. The highest BCUT2D eigenvalue weighted by Crippen LogP contribution is 2.36. The van der Waals surface area contributed by atoms with Crippen molar-refractivity contribution in [3.8, 4) is 11.3 Å². The van der Waals surface area contributed by atoms with Crippen LogP contribution in [0.1, 0.15) is 88.8 Å². The number of hydrogen-bond acceptors (Lipinski definition) is 0. The van der Waals surface area contributed by atoms with Crippen LogP contribution in [0.2, 0.25) is 0 Å². The number of imidazole rings is 1. The summed E-state index contributed by atoms with van der Waals surface area (Å²) in [6.07, 6.45) is 11.5. The van der Waals surface area contributed by atoms with Crippen LogP contribution in [0.25, 0.3) is 16.8 Å². The van der Waals surface area contributed by atoms with E-state index in [4.69, 9.17) is 0 Å². The molecule has 0 radical (unpaired) electrons. The number of fused-ring (bicyclic) bond motifs is 1. The maximum atomic E-state index is 2.48. The minimum atomic E-state index is 0.509. The van der Waals surface area contributed by atoms with E-state index in [1.165, 1.54) is 60.0 Å². The van der Waals surface area contributed by atoms with Gasteiger partial charge in [0.15, 0.2) is 5.52 Å². The van der Waals surface area contributed by atoms with E-state index in [-0.39, 0.29) is 0 Å². The molecular weight excluding hydrogens is 328 g/mol. The molecule has 27 heavy (non-hydrogen) atoms. The molecule has 0 bridgehead atoms. The van der Waals surface area contributed by atoms with E-state index in [9.17, 15) is 0 Å². The molecule has 1 saturated carbocycles. The number of aromatic nitrogens is 2. The Morgan fingerprint density at radius 2 is 1.48 bits per heavy atom. The molecule has 2 heteroatoms. The van der Waals surface area contributed by atoms with Crippen LogP contribution in [-0.4, -0.2) is 4.40 Å². The van der Waals surface area contributed by atoms with Crippen LogP contribution in [-0.2, 0) is 0 Å². The molecule has 1 fully saturated rings. The highest BCUT2D eigenvalue weighted by atomic mass is 15.1. The zero-order chi connectivity index (χ0) is 19.0. The number of hydrogen-bond donors (Lipinski definition) is 0. The molecule has 0 saturated heterocycles. The van der Waals surface area contributed by atoms with Gasteiger partial charge < -0.3 is 0 Å². The zero-order valence-electron chi connectivity index (χ0n) is 17.3. The van der Waals surface area contributed by atoms with Gasteiger partial charge in [-0.15, -0.1) is 0 Å². The van der Waals surface area contributed by atoms with Crippen molar-refractivity contribution in [2.24, 2.45) is 0 Å². The van der Waals surface area contributed by atoms with Crippen LogP contribution in [0, 0.1) is 0 Å². The molecule has 0 unspecified atom stereocenters. The van der Waals surface area contributed by atoms with Gasteiger partial charge >= 0.3 is 0 Å². The Morgan fingerprint density at radius 1 is 0.852 bits per heavy atom. The minimum absolute atomic E-state index is 0.509. The predicted molar refractivity (Wildman–Crippen MR) is 113 cm³/mol. The van der Waals surface area contributed by atoms with E-state index < -0.39 is 0 Å². The Bertz CT molecular complexity index is 900. The highest BCUT2D eigenvalue weighted by Gasteiger charge is 2.24. The second kappa shape index (κ2) is 7.50. The normalized spacial score (nSPS) is 15.9. The first-order valence-electron chi connectivity index (χ1n) is 10.7. The lowest BCUT2D eigenvalue weighted by atomic mass is 9.87. The van der Waals surface area contributed by atoms with Gasteiger partial charge in [-0.05, 0) is 60.8 Å². The molecule has 0 amide bonds. The standard InChI is InChI=1S/C25H33N2/c1-18(2)22-13-9-14-23(19(3)4)25(22)24-15-8-12-21-16-26(17-27(21)24)20-10-6-5-7-11-20/h8-9,12-20H,5-7,10-11H2,1-4H3/q+1. The topological polar surface area (TPSA) is 8.29 Å². The van der Waals surface area contributed by atoms with Crippen molar-refractivity contribution in [3.05, 3.63) is 60.0 Å². The molecule has 0 atom stereocenters. The summed E-state index contributed by atoms with van der Waals surface area (Å²) in [5.41, 5.74) is 6.96. The van der Waals surface area contributed by atoms with Crippen molar-refractivity contribution in [3.63, 3.8) is 0 Å². The first-order valence-corrected chi connectivity index (χ1v) is 10.7. The summed E-state index contributed by atoms with van der Waals surface area (Å²) >= 11 is 0.